The molecule has 0 saturated carbocycles. The third-order valence-electron chi connectivity index (χ3n) is 11.3. The van der Waals surface area contributed by atoms with Crippen LogP contribution in [0.4, 0.5) is 17.1 Å². The SMILES string of the molecule is c1cc(-c2ccc3ccccc3c2)cc(N(c2ccc(-c3ccccc3-n3c4ccccc4c4ccccc43)cc2)c2ccc3ccc4ccccc4c3c2)c1. The van der Waals surface area contributed by atoms with Crippen molar-refractivity contribution in [3.8, 4) is 27.9 Å². The van der Waals surface area contributed by atoms with Crippen molar-refractivity contribution >= 4 is 71.2 Å². The molecule has 11 aromatic rings. The van der Waals surface area contributed by atoms with Crippen LogP contribution in [0.25, 0.3) is 82.1 Å². The molecule has 0 spiro atoms. The fourth-order valence-electron chi connectivity index (χ4n) is 8.65. The largest absolute Gasteiger partial charge is 0.310 e. The molecule has 0 aliphatic carbocycles. The highest BCUT2D eigenvalue weighted by atomic mass is 15.1. The van der Waals surface area contributed by atoms with Gasteiger partial charge in [-0.3, -0.25) is 0 Å². The first-order valence-corrected chi connectivity index (χ1v) is 19.3. The van der Waals surface area contributed by atoms with Gasteiger partial charge in [-0.05, 0) is 110 Å². The lowest BCUT2D eigenvalue weighted by Gasteiger charge is -2.27. The number of anilines is 3. The second-order valence-corrected chi connectivity index (χ2v) is 14.6. The second kappa shape index (κ2) is 13.2. The lowest BCUT2D eigenvalue weighted by molar-refractivity contribution is 1.18. The first-order chi connectivity index (χ1) is 27.8. The molecule has 0 fully saturated rings. The van der Waals surface area contributed by atoms with Crippen molar-refractivity contribution in [2.24, 2.45) is 0 Å². The van der Waals surface area contributed by atoms with Crippen LogP contribution in [0.1, 0.15) is 0 Å². The van der Waals surface area contributed by atoms with Gasteiger partial charge >= 0.3 is 0 Å². The second-order valence-electron chi connectivity index (χ2n) is 14.6. The summed E-state index contributed by atoms with van der Waals surface area (Å²) >= 11 is 0. The van der Waals surface area contributed by atoms with E-state index >= 15 is 0 Å². The van der Waals surface area contributed by atoms with Crippen molar-refractivity contribution in [2.45, 2.75) is 0 Å². The Labute approximate surface area is 325 Å². The molecule has 56 heavy (non-hydrogen) atoms. The molecule has 2 heteroatoms. The number of hydrogen-bond acceptors (Lipinski definition) is 1. The van der Waals surface area contributed by atoms with Crippen molar-refractivity contribution in [2.75, 3.05) is 4.90 Å². The molecule has 0 amide bonds. The van der Waals surface area contributed by atoms with Crippen LogP contribution in [0.5, 0.6) is 0 Å². The van der Waals surface area contributed by atoms with Crippen LogP contribution in [-0.2, 0) is 0 Å². The van der Waals surface area contributed by atoms with Gasteiger partial charge in [0.1, 0.15) is 0 Å². The van der Waals surface area contributed by atoms with E-state index in [0.29, 0.717) is 0 Å². The highest BCUT2D eigenvalue weighted by Crippen LogP contribution is 2.41. The molecule has 0 saturated heterocycles. The van der Waals surface area contributed by atoms with E-state index in [1.54, 1.807) is 0 Å². The maximum atomic E-state index is 2.41. The zero-order chi connectivity index (χ0) is 37.0. The van der Waals surface area contributed by atoms with Crippen LogP contribution in [0.3, 0.4) is 0 Å². The molecule has 2 nitrogen and oxygen atoms in total. The molecule has 1 heterocycles. The Morgan fingerprint density at radius 2 is 0.821 bits per heavy atom. The Morgan fingerprint density at radius 3 is 1.61 bits per heavy atom. The minimum Gasteiger partial charge on any atom is -0.310 e. The summed E-state index contributed by atoms with van der Waals surface area (Å²) in [5, 5.41) is 9.99. The number of aromatic nitrogens is 1. The maximum Gasteiger partial charge on any atom is 0.0541 e. The van der Waals surface area contributed by atoms with Gasteiger partial charge in [0.2, 0.25) is 0 Å². The lowest BCUT2D eigenvalue weighted by Crippen LogP contribution is -2.10. The fraction of sp³-hybridized carbons (Fsp3) is 0. The van der Waals surface area contributed by atoms with E-state index in [2.05, 4.69) is 228 Å². The third kappa shape index (κ3) is 5.34. The number of para-hydroxylation sites is 3. The Hall–Kier alpha value is -7.42. The molecule has 11 rings (SSSR count). The summed E-state index contributed by atoms with van der Waals surface area (Å²) in [7, 11) is 0. The molecule has 10 aromatic carbocycles. The van der Waals surface area contributed by atoms with Crippen LogP contribution in [0, 0.1) is 0 Å². The van der Waals surface area contributed by atoms with Gasteiger partial charge in [0.05, 0.1) is 16.7 Å². The van der Waals surface area contributed by atoms with Crippen molar-refractivity contribution in [3.63, 3.8) is 0 Å². The summed E-state index contributed by atoms with van der Waals surface area (Å²) in [4.78, 5) is 2.40. The monoisotopic (exact) mass is 712 g/mol. The molecule has 0 unspecified atom stereocenters. The Balaban J connectivity index is 1.06. The van der Waals surface area contributed by atoms with Crippen molar-refractivity contribution in [1.82, 2.24) is 4.57 Å². The first kappa shape index (κ1) is 32.0. The summed E-state index contributed by atoms with van der Waals surface area (Å²) in [5.41, 5.74) is 11.6. The van der Waals surface area contributed by atoms with Crippen molar-refractivity contribution < 1.29 is 0 Å². The lowest BCUT2D eigenvalue weighted by atomic mass is 9.99. The summed E-state index contributed by atoms with van der Waals surface area (Å²) in [6.45, 7) is 0. The van der Waals surface area contributed by atoms with E-state index in [0.717, 1.165) is 17.1 Å². The average molecular weight is 713 g/mol. The van der Waals surface area contributed by atoms with Crippen LogP contribution in [-0.4, -0.2) is 4.57 Å². The number of rotatable bonds is 6. The number of nitrogens with zero attached hydrogens (tertiary/aromatic N) is 2. The molecule has 0 aliphatic rings. The summed E-state index contributed by atoms with van der Waals surface area (Å²) < 4.78 is 2.41. The van der Waals surface area contributed by atoms with Crippen LogP contribution in [0.2, 0.25) is 0 Å². The molecule has 262 valence electrons. The minimum absolute atomic E-state index is 1.10. The summed E-state index contributed by atoms with van der Waals surface area (Å²) in [6, 6.07) is 79.6. The standard InChI is InChI=1S/C54H36N2/c1-2-14-41-34-43(27-24-37(41)12-1)42-15-11-16-45(35-42)55(46-33-30-40-26-25-38-13-3-4-17-47(38)51(40)36-46)44-31-28-39(29-32-44)48-18-5-8-21-52(48)56-53-22-9-6-19-49(53)50-20-7-10-23-54(50)56/h1-36H. The van der Waals surface area contributed by atoms with Crippen LogP contribution < -0.4 is 4.90 Å². The molecule has 0 N–H and O–H groups in total. The van der Waals surface area contributed by atoms with E-state index in [4.69, 9.17) is 0 Å². The molecule has 0 bridgehead atoms. The fourth-order valence-corrected chi connectivity index (χ4v) is 8.65. The number of hydrogen-bond donors (Lipinski definition) is 0. The molecule has 0 atom stereocenters. The van der Waals surface area contributed by atoms with Gasteiger partial charge in [-0.25, -0.2) is 0 Å². The van der Waals surface area contributed by atoms with Crippen molar-refractivity contribution in [1.29, 1.82) is 0 Å². The normalized spacial score (nSPS) is 11.6. The maximum absolute atomic E-state index is 2.41. The molecule has 0 aliphatic heterocycles. The van der Waals surface area contributed by atoms with E-state index in [1.165, 1.54) is 82.1 Å². The smallest absolute Gasteiger partial charge is 0.0541 e. The van der Waals surface area contributed by atoms with E-state index in [-0.39, 0.29) is 0 Å². The van der Waals surface area contributed by atoms with Gasteiger partial charge < -0.3 is 9.47 Å². The highest BCUT2D eigenvalue weighted by molar-refractivity contribution is 6.10. The minimum atomic E-state index is 1.10. The molecular formula is C54H36N2. The first-order valence-electron chi connectivity index (χ1n) is 19.3. The average Bonchev–Trinajstić information content (AvgIpc) is 3.61. The third-order valence-corrected chi connectivity index (χ3v) is 11.3. The Bertz CT molecular complexity index is 3210. The summed E-state index contributed by atoms with van der Waals surface area (Å²) in [6.07, 6.45) is 0. The number of benzene rings is 10. The van der Waals surface area contributed by atoms with Gasteiger partial charge in [-0.15, -0.1) is 0 Å². The van der Waals surface area contributed by atoms with Gasteiger partial charge in [0.25, 0.3) is 0 Å². The molecule has 1 aromatic heterocycles. The number of fused-ring (bicyclic) bond motifs is 7. The predicted octanol–water partition coefficient (Wildman–Crippen LogP) is 15.0. The van der Waals surface area contributed by atoms with Gasteiger partial charge in [0, 0.05) is 33.4 Å². The molecular weight excluding hydrogens is 677 g/mol. The predicted molar refractivity (Wildman–Crippen MR) is 239 cm³/mol. The van der Waals surface area contributed by atoms with E-state index < -0.39 is 0 Å². The highest BCUT2D eigenvalue weighted by Gasteiger charge is 2.18. The topological polar surface area (TPSA) is 8.17 Å². The van der Waals surface area contributed by atoms with Gasteiger partial charge in [-0.1, -0.05) is 158 Å². The van der Waals surface area contributed by atoms with Crippen molar-refractivity contribution in [3.05, 3.63) is 218 Å². The molecule has 0 radical (unpaired) electrons. The van der Waals surface area contributed by atoms with E-state index in [1.807, 2.05) is 0 Å². The quantitative estimate of drug-likeness (QED) is 0.156. The van der Waals surface area contributed by atoms with Crippen LogP contribution >= 0.6 is 0 Å². The zero-order valence-corrected chi connectivity index (χ0v) is 30.7. The van der Waals surface area contributed by atoms with E-state index in [9.17, 15) is 0 Å². The Kier molecular flexibility index (Phi) is 7.53. The summed E-state index contributed by atoms with van der Waals surface area (Å²) in [5.74, 6) is 0. The van der Waals surface area contributed by atoms with Gasteiger partial charge in [0.15, 0.2) is 0 Å². The Morgan fingerprint density at radius 1 is 0.286 bits per heavy atom. The van der Waals surface area contributed by atoms with Gasteiger partial charge in [-0.2, -0.15) is 0 Å². The van der Waals surface area contributed by atoms with Crippen LogP contribution in [0.15, 0.2) is 218 Å². The zero-order valence-electron chi connectivity index (χ0n) is 30.7.